The van der Waals surface area contributed by atoms with Gasteiger partial charge in [0.05, 0.1) is 5.56 Å². The number of carbonyl (C=O) groups is 1. The molecule has 0 fully saturated rings. The summed E-state index contributed by atoms with van der Waals surface area (Å²) in [6.07, 6.45) is 3.47. The molecule has 29 heavy (non-hydrogen) atoms. The van der Waals surface area contributed by atoms with Crippen molar-refractivity contribution in [1.82, 2.24) is 9.55 Å². The lowest BCUT2D eigenvalue weighted by molar-refractivity contribution is 0.102. The van der Waals surface area contributed by atoms with Crippen molar-refractivity contribution < 1.29 is 4.79 Å². The van der Waals surface area contributed by atoms with Crippen LogP contribution in [0, 0.1) is 0 Å². The van der Waals surface area contributed by atoms with Gasteiger partial charge in [-0.1, -0.05) is 36.4 Å². The van der Waals surface area contributed by atoms with E-state index in [4.69, 9.17) is 0 Å². The van der Waals surface area contributed by atoms with Gasteiger partial charge in [-0.05, 0) is 35.2 Å². The zero-order valence-electron chi connectivity index (χ0n) is 15.9. The Balaban J connectivity index is 1.52. The number of hydrogen-bond acceptors (Lipinski definition) is 4. The van der Waals surface area contributed by atoms with Gasteiger partial charge < -0.3 is 15.2 Å². The second kappa shape index (κ2) is 7.98. The quantitative estimate of drug-likeness (QED) is 0.549. The summed E-state index contributed by atoms with van der Waals surface area (Å²) < 4.78 is 1.52. The lowest BCUT2D eigenvalue weighted by atomic mass is 10.1. The third-order valence-corrected chi connectivity index (χ3v) is 4.70. The highest BCUT2D eigenvalue weighted by Crippen LogP contribution is 2.20. The number of nitrogens with one attached hydrogen (secondary N) is 2. The number of pyridine rings is 2. The van der Waals surface area contributed by atoms with E-state index in [0.29, 0.717) is 23.6 Å². The van der Waals surface area contributed by atoms with Crippen LogP contribution in [0.15, 0.2) is 83.9 Å². The second-order valence-electron chi connectivity index (χ2n) is 6.75. The van der Waals surface area contributed by atoms with Gasteiger partial charge in [0.2, 0.25) is 0 Å². The molecule has 2 N–H and O–H groups in total. The molecule has 0 aliphatic rings. The van der Waals surface area contributed by atoms with E-state index in [2.05, 4.69) is 15.6 Å². The Bertz CT molecular complexity index is 1250. The van der Waals surface area contributed by atoms with Crippen molar-refractivity contribution in [3.05, 3.63) is 101 Å². The van der Waals surface area contributed by atoms with Crippen LogP contribution in [0.2, 0.25) is 0 Å². The molecule has 0 spiro atoms. The molecule has 0 radical (unpaired) electrons. The first-order chi connectivity index (χ1) is 14.1. The lowest BCUT2D eigenvalue weighted by Crippen LogP contribution is -2.17. The van der Waals surface area contributed by atoms with Gasteiger partial charge in [0.15, 0.2) is 0 Å². The SMILES string of the molecule is Cn1ccc(CNc2ccccc2C(=O)Nc2cc3ccccc3cn2)cc1=O. The van der Waals surface area contributed by atoms with Crippen LogP contribution < -0.4 is 16.2 Å². The van der Waals surface area contributed by atoms with E-state index in [0.717, 1.165) is 16.3 Å². The van der Waals surface area contributed by atoms with Gasteiger partial charge >= 0.3 is 0 Å². The number of benzene rings is 2. The van der Waals surface area contributed by atoms with E-state index >= 15 is 0 Å². The fraction of sp³-hybridized carbons (Fsp3) is 0.0870. The topological polar surface area (TPSA) is 76.0 Å². The Labute approximate surface area is 167 Å². The van der Waals surface area contributed by atoms with Crippen molar-refractivity contribution in [2.24, 2.45) is 7.05 Å². The minimum atomic E-state index is -0.250. The molecule has 2 aromatic heterocycles. The predicted octanol–water partition coefficient (Wildman–Crippen LogP) is 3.80. The zero-order chi connectivity index (χ0) is 20.2. The van der Waals surface area contributed by atoms with E-state index < -0.39 is 0 Å². The summed E-state index contributed by atoms with van der Waals surface area (Å²) in [5.74, 6) is 0.245. The first-order valence-corrected chi connectivity index (χ1v) is 9.25. The molecule has 0 saturated heterocycles. The number of anilines is 2. The maximum atomic E-state index is 12.8. The van der Waals surface area contributed by atoms with Crippen LogP contribution >= 0.6 is 0 Å². The molecule has 6 nitrogen and oxygen atoms in total. The van der Waals surface area contributed by atoms with Crippen molar-refractivity contribution in [1.29, 1.82) is 0 Å². The van der Waals surface area contributed by atoms with E-state index in [1.54, 1.807) is 31.6 Å². The first-order valence-electron chi connectivity index (χ1n) is 9.25. The molecule has 4 rings (SSSR count). The average molecular weight is 384 g/mol. The molecule has 0 bridgehead atoms. The van der Waals surface area contributed by atoms with Crippen LogP contribution in [0.1, 0.15) is 15.9 Å². The number of para-hydroxylation sites is 1. The predicted molar refractivity (Wildman–Crippen MR) is 115 cm³/mol. The van der Waals surface area contributed by atoms with Gasteiger partial charge in [0, 0.05) is 43.1 Å². The van der Waals surface area contributed by atoms with Crippen LogP contribution in [0.5, 0.6) is 0 Å². The normalized spacial score (nSPS) is 10.7. The first kappa shape index (κ1) is 18.4. The molecule has 0 aliphatic heterocycles. The third kappa shape index (κ3) is 4.16. The smallest absolute Gasteiger partial charge is 0.258 e. The number of aryl methyl sites for hydroxylation is 1. The molecule has 0 atom stereocenters. The van der Waals surface area contributed by atoms with Gasteiger partial charge in [0.1, 0.15) is 5.82 Å². The Kier molecular flexibility index (Phi) is 5.07. The molecule has 2 aromatic carbocycles. The highest BCUT2D eigenvalue weighted by molar-refractivity contribution is 6.08. The number of nitrogens with zero attached hydrogens (tertiary/aromatic N) is 2. The summed E-state index contributed by atoms with van der Waals surface area (Å²) in [5, 5.41) is 8.13. The Hall–Kier alpha value is -3.93. The summed E-state index contributed by atoms with van der Waals surface area (Å²) in [6, 6.07) is 20.4. The van der Waals surface area contributed by atoms with E-state index in [-0.39, 0.29) is 11.5 Å². The highest BCUT2D eigenvalue weighted by atomic mass is 16.1. The molecule has 1 amide bonds. The van der Waals surface area contributed by atoms with Gasteiger partial charge in [-0.25, -0.2) is 4.98 Å². The fourth-order valence-electron chi connectivity index (χ4n) is 3.07. The van der Waals surface area contributed by atoms with Gasteiger partial charge in [-0.2, -0.15) is 0 Å². The summed E-state index contributed by atoms with van der Waals surface area (Å²) in [4.78, 5) is 28.9. The summed E-state index contributed by atoms with van der Waals surface area (Å²) >= 11 is 0. The minimum absolute atomic E-state index is 0.0716. The van der Waals surface area contributed by atoms with Crippen molar-refractivity contribution in [2.75, 3.05) is 10.6 Å². The van der Waals surface area contributed by atoms with Crippen molar-refractivity contribution in [2.45, 2.75) is 6.54 Å². The molecular formula is C23H20N4O2. The minimum Gasteiger partial charge on any atom is -0.380 e. The summed E-state index contributed by atoms with van der Waals surface area (Å²) in [6.45, 7) is 0.439. The van der Waals surface area contributed by atoms with E-state index in [1.807, 2.05) is 54.6 Å². The summed E-state index contributed by atoms with van der Waals surface area (Å²) in [7, 11) is 1.71. The van der Waals surface area contributed by atoms with Crippen molar-refractivity contribution >= 4 is 28.2 Å². The maximum Gasteiger partial charge on any atom is 0.258 e. The monoisotopic (exact) mass is 384 g/mol. The number of amides is 1. The highest BCUT2D eigenvalue weighted by Gasteiger charge is 2.12. The Morgan fingerprint density at radius 1 is 1.00 bits per heavy atom. The molecule has 144 valence electrons. The number of aromatic nitrogens is 2. The Morgan fingerprint density at radius 3 is 2.59 bits per heavy atom. The molecule has 2 heterocycles. The van der Waals surface area contributed by atoms with Gasteiger partial charge in [0.25, 0.3) is 11.5 Å². The van der Waals surface area contributed by atoms with E-state index in [9.17, 15) is 9.59 Å². The largest absolute Gasteiger partial charge is 0.380 e. The van der Waals surface area contributed by atoms with Gasteiger partial charge in [-0.3, -0.25) is 9.59 Å². The van der Waals surface area contributed by atoms with Crippen LogP contribution in [0.4, 0.5) is 11.5 Å². The number of rotatable bonds is 5. The summed E-state index contributed by atoms with van der Waals surface area (Å²) in [5.41, 5.74) is 1.97. The van der Waals surface area contributed by atoms with Crippen LogP contribution in [-0.4, -0.2) is 15.5 Å². The van der Waals surface area contributed by atoms with Crippen LogP contribution in [0.25, 0.3) is 10.8 Å². The maximum absolute atomic E-state index is 12.8. The standard InChI is InChI=1S/C23H20N4O2/c1-27-11-10-16(12-22(27)28)14-24-20-9-5-4-8-19(20)23(29)26-21-13-17-6-2-3-7-18(17)15-25-21/h2-13,15,24H,14H2,1H3,(H,25,26,29). The molecule has 6 heteroatoms. The number of carbonyl (C=O) groups excluding carboxylic acids is 1. The fourth-order valence-corrected chi connectivity index (χ4v) is 3.07. The molecule has 0 aliphatic carbocycles. The van der Waals surface area contributed by atoms with Gasteiger partial charge in [-0.15, -0.1) is 0 Å². The van der Waals surface area contributed by atoms with E-state index in [1.165, 1.54) is 4.57 Å². The van der Waals surface area contributed by atoms with Crippen LogP contribution in [-0.2, 0) is 13.6 Å². The Morgan fingerprint density at radius 2 is 1.76 bits per heavy atom. The molecule has 0 saturated carbocycles. The van der Waals surface area contributed by atoms with Crippen molar-refractivity contribution in [3.63, 3.8) is 0 Å². The number of fused-ring (bicyclic) bond motifs is 1. The average Bonchev–Trinajstić information content (AvgIpc) is 2.74. The lowest BCUT2D eigenvalue weighted by Gasteiger charge is -2.12. The molecular weight excluding hydrogens is 364 g/mol. The number of hydrogen-bond donors (Lipinski definition) is 2. The van der Waals surface area contributed by atoms with Crippen molar-refractivity contribution in [3.8, 4) is 0 Å². The molecule has 0 unspecified atom stereocenters. The third-order valence-electron chi connectivity index (χ3n) is 4.70. The van der Waals surface area contributed by atoms with Crippen LogP contribution in [0.3, 0.4) is 0 Å². The molecule has 4 aromatic rings. The second-order valence-corrected chi connectivity index (χ2v) is 6.75. The zero-order valence-corrected chi connectivity index (χ0v) is 15.9.